The summed E-state index contributed by atoms with van der Waals surface area (Å²) in [6, 6.07) is 0.498. The van der Waals surface area contributed by atoms with Gasteiger partial charge in [-0.3, -0.25) is 4.90 Å². The van der Waals surface area contributed by atoms with Crippen molar-refractivity contribution < 1.29 is 4.74 Å². The van der Waals surface area contributed by atoms with E-state index in [2.05, 4.69) is 53.5 Å². The SMILES string of the molecule is CC(C)Cc1nc(C2CN(C(C)C)CCO2)nc(Cl)c1Br. The van der Waals surface area contributed by atoms with Crippen molar-refractivity contribution >= 4 is 27.5 Å². The number of halogens is 2. The lowest BCUT2D eigenvalue weighted by Crippen LogP contribution is -2.42. The van der Waals surface area contributed by atoms with Crippen LogP contribution < -0.4 is 0 Å². The van der Waals surface area contributed by atoms with Crippen molar-refractivity contribution in [1.29, 1.82) is 0 Å². The van der Waals surface area contributed by atoms with Crippen molar-refractivity contribution in [2.45, 2.75) is 46.3 Å². The molecule has 1 unspecified atom stereocenters. The second kappa shape index (κ2) is 7.36. The molecule has 0 amide bonds. The Balaban J connectivity index is 2.24. The van der Waals surface area contributed by atoms with Crippen LogP contribution in [-0.4, -0.2) is 40.6 Å². The molecule has 2 rings (SSSR count). The smallest absolute Gasteiger partial charge is 0.160 e. The van der Waals surface area contributed by atoms with E-state index in [0.29, 0.717) is 29.5 Å². The largest absolute Gasteiger partial charge is 0.368 e. The van der Waals surface area contributed by atoms with Gasteiger partial charge in [-0.2, -0.15) is 0 Å². The third-order valence-electron chi connectivity index (χ3n) is 3.61. The average molecular weight is 377 g/mol. The molecule has 1 aromatic heterocycles. The Kier molecular flexibility index (Phi) is 6.00. The van der Waals surface area contributed by atoms with Crippen molar-refractivity contribution in [1.82, 2.24) is 14.9 Å². The van der Waals surface area contributed by atoms with E-state index in [9.17, 15) is 0 Å². The first-order valence-electron chi connectivity index (χ1n) is 7.46. The highest BCUT2D eigenvalue weighted by atomic mass is 79.9. The Bertz CT molecular complexity index is 496. The van der Waals surface area contributed by atoms with Crippen LogP contribution in [0.2, 0.25) is 5.15 Å². The summed E-state index contributed by atoms with van der Waals surface area (Å²) >= 11 is 9.75. The summed E-state index contributed by atoms with van der Waals surface area (Å²) < 4.78 is 6.66. The molecule has 0 bridgehead atoms. The molecule has 0 aromatic carbocycles. The van der Waals surface area contributed by atoms with Crippen LogP contribution in [0.1, 0.15) is 45.3 Å². The van der Waals surface area contributed by atoms with Crippen LogP contribution in [0.5, 0.6) is 0 Å². The van der Waals surface area contributed by atoms with E-state index in [1.807, 2.05) is 0 Å². The van der Waals surface area contributed by atoms with Crippen LogP contribution in [0.15, 0.2) is 4.47 Å². The Morgan fingerprint density at radius 1 is 1.33 bits per heavy atom. The molecular weight excluding hydrogens is 354 g/mol. The van der Waals surface area contributed by atoms with Gasteiger partial charge in [-0.15, -0.1) is 0 Å². The van der Waals surface area contributed by atoms with Crippen molar-refractivity contribution in [2.75, 3.05) is 19.7 Å². The fourth-order valence-electron chi connectivity index (χ4n) is 2.44. The van der Waals surface area contributed by atoms with Gasteiger partial charge in [-0.25, -0.2) is 9.97 Å². The highest BCUT2D eigenvalue weighted by Crippen LogP contribution is 2.29. The van der Waals surface area contributed by atoms with Gasteiger partial charge < -0.3 is 4.74 Å². The Labute approximate surface area is 140 Å². The first-order chi connectivity index (χ1) is 9.88. The second-order valence-electron chi connectivity index (χ2n) is 6.18. The highest BCUT2D eigenvalue weighted by molar-refractivity contribution is 9.10. The molecule has 1 saturated heterocycles. The fraction of sp³-hybridized carbons (Fsp3) is 0.733. The van der Waals surface area contributed by atoms with Crippen molar-refractivity contribution in [3.05, 3.63) is 21.1 Å². The summed E-state index contributed by atoms with van der Waals surface area (Å²) in [4.78, 5) is 11.5. The lowest BCUT2D eigenvalue weighted by atomic mass is 10.1. The minimum absolute atomic E-state index is 0.0994. The second-order valence-corrected chi connectivity index (χ2v) is 7.33. The van der Waals surface area contributed by atoms with Gasteiger partial charge in [0.05, 0.1) is 16.8 Å². The first-order valence-corrected chi connectivity index (χ1v) is 8.63. The zero-order valence-corrected chi connectivity index (χ0v) is 15.4. The van der Waals surface area contributed by atoms with Gasteiger partial charge in [-0.1, -0.05) is 25.4 Å². The highest BCUT2D eigenvalue weighted by Gasteiger charge is 2.27. The van der Waals surface area contributed by atoms with E-state index in [-0.39, 0.29) is 6.10 Å². The van der Waals surface area contributed by atoms with E-state index in [1.54, 1.807) is 0 Å². The Morgan fingerprint density at radius 2 is 2.05 bits per heavy atom. The molecule has 1 aliphatic rings. The maximum absolute atomic E-state index is 6.25. The molecule has 1 atom stereocenters. The van der Waals surface area contributed by atoms with Crippen LogP contribution in [0.4, 0.5) is 0 Å². The molecule has 118 valence electrons. The zero-order chi connectivity index (χ0) is 15.6. The predicted molar refractivity (Wildman–Crippen MR) is 88.7 cm³/mol. The van der Waals surface area contributed by atoms with Crippen molar-refractivity contribution in [3.8, 4) is 0 Å². The van der Waals surface area contributed by atoms with E-state index in [4.69, 9.17) is 21.3 Å². The number of nitrogens with zero attached hydrogens (tertiary/aromatic N) is 3. The molecule has 0 saturated carbocycles. The molecule has 1 fully saturated rings. The molecule has 0 N–H and O–H groups in total. The Morgan fingerprint density at radius 3 is 2.67 bits per heavy atom. The topological polar surface area (TPSA) is 38.2 Å². The predicted octanol–water partition coefficient (Wildman–Crippen LogP) is 3.87. The lowest BCUT2D eigenvalue weighted by molar-refractivity contribution is -0.0443. The summed E-state index contributed by atoms with van der Waals surface area (Å²) in [6.07, 6.45) is 0.772. The molecule has 21 heavy (non-hydrogen) atoms. The third kappa shape index (κ3) is 4.38. The minimum Gasteiger partial charge on any atom is -0.368 e. The summed E-state index contributed by atoms with van der Waals surface area (Å²) in [6.45, 7) is 11.2. The zero-order valence-electron chi connectivity index (χ0n) is 13.1. The monoisotopic (exact) mass is 375 g/mol. The average Bonchev–Trinajstić information content (AvgIpc) is 2.43. The van der Waals surface area contributed by atoms with Crippen LogP contribution in [0, 0.1) is 5.92 Å². The number of hydrogen-bond acceptors (Lipinski definition) is 4. The number of aromatic nitrogens is 2. The van der Waals surface area contributed by atoms with Gasteiger partial charge >= 0.3 is 0 Å². The lowest BCUT2D eigenvalue weighted by Gasteiger charge is -2.34. The van der Waals surface area contributed by atoms with Crippen molar-refractivity contribution in [3.63, 3.8) is 0 Å². The molecule has 0 aliphatic carbocycles. The summed E-state index contributed by atoms with van der Waals surface area (Å²) in [5, 5.41) is 0.473. The van der Waals surface area contributed by atoms with E-state index >= 15 is 0 Å². The summed E-state index contributed by atoms with van der Waals surface area (Å²) in [7, 11) is 0. The number of morpholine rings is 1. The van der Waals surface area contributed by atoms with E-state index in [0.717, 1.165) is 29.7 Å². The number of ether oxygens (including phenoxy) is 1. The van der Waals surface area contributed by atoms with Gasteiger partial charge in [-0.05, 0) is 42.1 Å². The standard InChI is InChI=1S/C15H23BrClN3O/c1-9(2)7-11-13(16)14(17)19-15(18-11)12-8-20(10(3)4)5-6-21-12/h9-10,12H,5-8H2,1-4H3. The van der Waals surface area contributed by atoms with Crippen LogP contribution in [0.3, 0.4) is 0 Å². The summed E-state index contributed by atoms with van der Waals surface area (Å²) in [5.74, 6) is 1.21. The van der Waals surface area contributed by atoms with Crippen LogP contribution >= 0.6 is 27.5 Å². The first kappa shape index (κ1) is 17.1. The molecule has 6 heteroatoms. The molecule has 0 radical (unpaired) electrons. The van der Waals surface area contributed by atoms with Gasteiger partial charge in [0, 0.05) is 19.1 Å². The fourth-order valence-corrected chi connectivity index (χ4v) is 2.98. The quantitative estimate of drug-likeness (QED) is 0.748. The summed E-state index contributed by atoms with van der Waals surface area (Å²) in [5.41, 5.74) is 0.963. The molecule has 1 aliphatic heterocycles. The van der Waals surface area contributed by atoms with Gasteiger partial charge in [0.2, 0.25) is 0 Å². The molecular formula is C15H23BrClN3O. The van der Waals surface area contributed by atoms with Gasteiger partial charge in [0.1, 0.15) is 11.3 Å². The Hall–Kier alpha value is -0.230. The van der Waals surface area contributed by atoms with Crippen molar-refractivity contribution in [2.24, 2.45) is 5.92 Å². The van der Waals surface area contributed by atoms with Gasteiger partial charge in [0.25, 0.3) is 0 Å². The van der Waals surface area contributed by atoms with E-state index < -0.39 is 0 Å². The van der Waals surface area contributed by atoms with Crippen LogP contribution in [-0.2, 0) is 11.2 Å². The minimum atomic E-state index is -0.0994. The molecule has 1 aromatic rings. The third-order valence-corrected chi connectivity index (χ3v) is 4.95. The number of rotatable bonds is 4. The molecule has 2 heterocycles. The normalized spacial score (nSPS) is 20.5. The number of hydrogen-bond donors (Lipinski definition) is 0. The molecule has 0 spiro atoms. The van der Waals surface area contributed by atoms with Crippen LogP contribution in [0.25, 0.3) is 0 Å². The molecule has 4 nitrogen and oxygen atoms in total. The maximum Gasteiger partial charge on any atom is 0.160 e. The van der Waals surface area contributed by atoms with Gasteiger partial charge in [0.15, 0.2) is 5.82 Å². The van der Waals surface area contributed by atoms with E-state index in [1.165, 1.54) is 0 Å². The maximum atomic E-state index is 6.25.